The second-order valence-corrected chi connectivity index (χ2v) is 5.35. The van der Waals surface area contributed by atoms with Crippen LogP contribution in [0, 0.1) is 5.82 Å². The van der Waals surface area contributed by atoms with Crippen molar-refractivity contribution in [3.63, 3.8) is 0 Å². The number of aromatic nitrogens is 1. The molecule has 0 aliphatic carbocycles. The maximum absolute atomic E-state index is 13.9. The molecule has 1 aromatic carbocycles. The first-order valence-electron chi connectivity index (χ1n) is 5.27. The van der Waals surface area contributed by atoms with Crippen LogP contribution in [0.3, 0.4) is 0 Å². The summed E-state index contributed by atoms with van der Waals surface area (Å²) in [5.41, 5.74) is 1.67. The highest BCUT2D eigenvalue weighted by atomic mass is 35.5. The molecule has 0 unspecified atom stereocenters. The number of benzene rings is 1. The van der Waals surface area contributed by atoms with Crippen molar-refractivity contribution in [1.29, 1.82) is 0 Å². The molecule has 90 valence electrons. The van der Waals surface area contributed by atoms with Crippen molar-refractivity contribution in [3.05, 3.63) is 41.2 Å². The lowest BCUT2D eigenvalue weighted by atomic mass is 9.85. The third-order valence-corrected chi connectivity index (χ3v) is 2.84. The zero-order valence-electron chi connectivity index (χ0n) is 9.92. The van der Waals surface area contributed by atoms with E-state index in [0.29, 0.717) is 11.3 Å². The molecule has 4 heteroatoms. The molecule has 0 radical (unpaired) electrons. The van der Waals surface area contributed by atoms with Crippen molar-refractivity contribution in [2.75, 3.05) is 0 Å². The number of hydrogen-bond donors (Lipinski definition) is 0. The molecule has 2 rings (SSSR count). The van der Waals surface area contributed by atoms with E-state index in [2.05, 4.69) is 4.98 Å². The van der Waals surface area contributed by atoms with E-state index in [0.717, 1.165) is 5.56 Å². The van der Waals surface area contributed by atoms with Gasteiger partial charge in [-0.3, -0.25) is 0 Å². The number of rotatable bonds is 1. The smallest absolute Gasteiger partial charge is 0.181 e. The molecule has 17 heavy (non-hydrogen) atoms. The first-order valence-corrected chi connectivity index (χ1v) is 5.65. The largest absolute Gasteiger partial charge is 0.451 e. The molecule has 1 heterocycles. The maximum atomic E-state index is 13.9. The number of nitrogens with zero attached hydrogens (tertiary/aromatic N) is 1. The fraction of sp³-hybridized carbons (Fsp3) is 0.308. The van der Waals surface area contributed by atoms with Crippen molar-refractivity contribution < 1.29 is 8.81 Å². The summed E-state index contributed by atoms with van der Waals surface area (Å²) in [4.78, 5) is 4.03. The monoisotopic (exact) mass is 253 g/mol. The first-order chi connectivity index (χ1) is 7.89. The molecule has 0 bridgehead atoms. The van der Waals surface area contributed by atoms with Crippen LogP contribution in [0.1, 0.15) is 26.3 Å². The third-order valence-electron chi connectivity index (χ3n) is 2.56. The molecule has 0 saturated heterocycles. The quantitative estimate of drug-likeness (QED) is 0.751. The number of hydrogen-bond acceptors (Lipinski definition) is 2. The average Bonchev–Trinajstić information content (AvgIpc) is 2.73. The van der Waals surface area contributed by atoms with Crippen molar-refractivity contribution >= 4 is 11.6 Å². The average molecular weight is 254 g/mol. The molecule has 0 amide bonds. The molecular formula is C13H13ClFNO. The highest BCUT2D eigenvalue weighted by Crippen LogP contribution is 2.33. The minimum absolute atomic E-state index is 0.107. The minimum Gasteiger partial charge on any atom is -0.451 e. The van der Waals surface area contributed by atoms with Gasteiger partial charge >= 0.3 is 0 Å². The van der Waals surface area contributed by atoms with Gasteiger partial charge in [-0.25, -0.2) is 9.37 Å². The summed E-state index contributed by atoms with van der Waals surface area (Å²) in [6, 6.07) is 3.32. The summed E-state index contributed by atoms with van der Waals surface area (Å²) < 4.78 is 18.9. The van der Waals surface area contributed by atoms with Crippen LogP contribution in [0.2, 0.25) is 5.02 Å². The number of halogens is 2. The minimum atomic E-state index is -0.369. The zero-order valence-corrected chi connectivity index (χ0v) is 10.7. The SMILES string of the molecule is CC(C)(C)c1cc(-c2cocn2)cc(Cl)c1F. The van der Waals surface area contributed by atoms with E-state index in [1.54, 1.807) is 12.1 Å². The molecule has 0 aliphatic heterocycles. The highest BCUT2D eigenvalue weighted by molar-refractivity contribution is 6.31. The summed E-state index contributed by atoms with van der Waals surface area (Å²) in [5.74, 6) is -0.369. The lowest BCUT2D eigenvalue weighted by Gasteiger charge is -2.21. The lowest BCUT2D eigenvalue weighted by Crippen LogP contribution is -2.14. The topological polar surface area (TPSA) is 26.0 Å². The van der Waals surface area contributed by atoms with Gasteiger partial charge in [0.05, 0.1) is 5.02 Å². The molecule has 0 spiro atoms. The van der Waals surface area contributed by atoms with Gasteiger partial charge in [0, 0.05) is 5.56 Å². The first kappa shape index (κ1) is 12.1. The fourth-order valence-corrected chi connectivity index (χ4v) is 1.86. The van der Waals surface area contributed by atoms with Gasteiger partial charge in [-0.15, -0.1) is 0 Å². The molecule has 0 fully saturated rings. The Hall–Kier alpha value is -1.35. The summed E-state index contributed by atoms with van der Waals surface area (Å²) in [5, 5.41) is 0.107. The second kappa shape index (κ2) is 4.15. The van der Waals surface area contributed by atoms with Crippen LogP contribution in [0.15, 0.2) is 29.2 Å². The van der Waals surface area contributed by atoms with Gasteiger partial charge in [0.2, 0.25) is 0 Å². The lowest BCUT2D eigenvalue weighted by molar-refractivity contribution is 0.523. The Morgan fingerprint density at radius 3 is 2.53 bits per heavy atom. The Morgan fingerprint density at radius 1 is 1.29 bits per heavy atom. The Kier molecular flexibility index (Phi) is 2.96. The normalized spacial score (nSPS) is 11.8. The van der Waals surface area contributed by atoms with Crippen molar-refractivity contribution in [2.24, 2.45) is 0 Å². The van der Waals surface area contributed by atoms with E-state index in [-0.39, 0.29) is 16.3 Å². The number of oxazole rings is 1. The van der Waals surface area contributed by atoms with E-state index < -0.39 is 0 Å². The maximum Gasteiger partial charge on any atom is 0.181 e. The molecule has 1 aromatic heterocycles. The predicted molar refractivity (Wildman–Crippen MR) is 65.6 cm³/mol. The van der Waals surface area contributed by atoms with Crippen LogP contribution >= 0.6 is 11.6 Å². The van der Waals surface area contributed by atoms with Gasteiger partial charge in [0.15, 0.2) is 6.39 Å². The van der Waals surface area contributed by atoms with Gasteiger partial charge < -0.3 is 4.42 Å². The van der Waals surface area contributed by atoms with E-state index in [1.165, 1.54) is 12.7 Å². The highest BCUT2D eigenvalue weighted by Gasteiger charge is 2.22. The van der Waals surface area contributed by atoms with E-state index >= 15 is 0 Å². The second-order valence-electron chi connectivity index (χ2n) is 4.94. The molecule has 0 aliphatic rings. The Labute approximate surface area is 104 Å². The Morgan fingerprint density at radius 2 is 2.00 bits per heavy atom. The van der Waals surface area contributed by atoms with Gasteiger partial charge in [-0.1, -0.05) is 32.4 Å². The summed E-state index contributed by atoms with van der Waals surface area (Å²) in [6.07, 6.45) is 2.85. The van der Waals surface area contributed by atoms with Crippen molar-refractivity contribution in [1.82, 2.24) is 4.98 Å². The van der Waals surface area contributed by atoms with Crippen molar-refractivity contribution in [3.8, 4) is 11.3 Å². The summed E-state index contributed by atoms with van der Waals surface area (Å²) in [6.45, 7) is 5.82. The summed E-state index contributed by atoms with van der Waals surface area (Å²) >= 11 is 5.91. The van der Waals surface area contributed by atoms with Gasteiger partial charge in [0.1, 0.15) is 17.8 Å². The van der Waals surface area contributed by atoms with Crippen LogP contribution in [-0.4, -0.2) is 4.98 Å². The Bertz CT molecular complexity index is 529. The van der Waals surface area contributed by atoms with Gasteiger partial charge in [-0.05, 0) is 23.1 Å². The van der Waals surface area contributed by atoms with Gasteiger partial charge in [0.25, 0.3) is 0 Å². The Balaban J connectivity index is 2.62. The molecular weight excluding hydrogens is 241 g/mol. The van der Waals surface area contributed by atoms with Crippen LogP contribution in [-0.2, 0) is 5.41 Å². The van der Waals surface area contributed by atoms with E-state index in [1.807, 2.05) is 20.8 Å². The molecule has 0 atom stereocenters. The standard InChI is InChI=1S/C13H13ClFNO/c1-13(2,3)9-4-8(5-10(14)12(9)15)11-6-17-7-16-11/h4-7H,1-3H3. The molecule has 0 saturated carbocycles. The summed E-state index contributed by atoms with van der Waals surface area (Å²) in [7, 11) is 0. The van der Waals surface area contributed by atoms with Gasteiger partial charge in [-0.2, -0.15) is 0 Å². The van der Waals surface area contributed by atoms with E-state index in [9.17, 15) is 4.39 Å². The van der Waals surface area contributed by atoms with Crippen LogP contribution in [0.4, 0.5) is 4.39 Å². The van der Waals surface area contributed by atoms with Crippen LogP contribution in [0.25, 0.3) is 11.3 Å². The third kappa shape index (κ3) is 2.34. The predicted octanol–water partition coefficient (Wildman–Crippen LogP) is 4.43. The molecule has 2 nitrogen and oxygen atoms in total. The van der Waals surface area contributed by atoms with Crippen LogP contribution < -0.4 is 0 Å². The molecule has 2 aromatic rings. The van der Waals surface area contributed by atoms with E-state index in [4.69, 9.17) is 16.0 Å². The van der Waals surface area contributed by atoms with Crippen LogP contribution in [0.5, 0.6) is 0 Å². The molecule has 0 N–H and O–H groups in total. The van der Waals surface area contributed by atoms with Crippen molar-refractivity contribution in [2.45, 2.75) is 26.2 Å². The fourth-order valence-electron chi connectivity index (χ4n) is 1.64. The zero-order chi connectivity index (χ0) is 12.6.